The Labute approximate surface area is 167 Å². The normalized spacial score (nSPS) is 11.6. The van der Waals surface area contributed by atoms with Gasteiger partial charge >= 0.3 is 6.18 Å². The molecule has 3 heterocycles. The Kier molecular flexibility index (Phi) is 4.94. The summed E-state index contributed by atoms with van der Waals surface area (Å²) in [5.74, 6) is -1.01. The van der Waals surface area contributed by atoms with Crippen LogP contribution in [0.5, 0.6) is 5.75 Å². The fourth-order valence-electron chi connectivity index (χ4n) is 2.87. The predicted molar refractivity (Wildman–Crippen MR) is 99.7 cm³/mol. The van der Waals surface area contributed by atoms with Crippen molar-refractivity contribution in [2.45, 2.75) is 12.7 Å². The third kappa shape index (κ3) is 3.73. The van der Waals surface area contributed by atoms with Crippen molar-refractivity contribution >= 4 is 16.9 Å². The lowest BCUT2D eigenvalue weighted by Crippen LogP contribution is -2.15. The number of alkyl halides is 3. The second-order valence-electron chi connectivity index (χ2n) is 6.20. The van der Waals surface area contributed by atoms with Crippen molar-refractivity contribution in [2.75, 3.05) is 12.4 Å². The molecule has 0 bridgehead atoms. The lowest BCUT2D eigenvalue weighted by Gasteiger charge is -2.11. The number of nitrogens with zero attached hydrogens (tertiary/aromatic N) is 5. The summed E-state index contributed by atoms with van der Waals surface area (Å²) in [7, 11) is 1.41. The van der Waals surface area contributed by atoms with Crippen LogP contribution in [-0.2, 0) is 12.7 Å². The number of pyridine rings is 1. The maximum Gasteiger partial charge on any atom is 0.450 e. The van der Waals surface area contributed by atoms with Crippen molar-refractivity contribution in [3.8, 4) is 11.6 Å². The Hall–Kier alpha value is -3.76. The van der Waals surface area contributed by atoms with E-state index in [1.54, 1.807) is 0 Å². The van der Waals surface area contributed by atoms with Gasteiger partial charge in [0.25, 0.3) is 0 Å². The summed E-state index contributed by atoms with van der Waals surface area (Å²) in [6, 6.07) is 5.92. The highest BCUT2D eigenvalue weighted by atomic mass is 19.4. The smallest absolute Gasteiger partial charge is 0.450 e. The van der Waals surface area contributed by atoms with Gasteiger partial charge in [0, 0.05) is 24.4 Å². The monoisotopic (exact) mass is 418 g/mol. The topological polar surface area (TPSA) is 77.8 Å². The molecule has 1 aromatic carbocycles. The van der Waals surface area contributed by atoms with Crippen LogP contribution < -0.4 is 10.1 Å². The standard InChI is InChI=1S/C19H14F4N6O/c1-30-12-2-3-15-14(6-12)28-18(19(21,22)23)29(15)17-10-26-16(9-27-17)25-7-11-4-5-24-8-13(11)20/h2-6,8-10H,7H2,1H3,(H,25,26). The Balaban J connectivity index is 1.67. The minimum absolute atomic E-state index is 0.0596. The number of fused-ring (bicyclic) bond motifs is 1. The number of hydrogen-bond donors (Lipinski definition) is 1. The number of benzene rings is 1. The minimum atomic E-state index is -4.70. The average molecular weight is 418 g/mol. The van der Waals surface area contributed by atoms with Gasteiger partial charge in [-0.05, 0) is 18.2 Å². The van der Waals surface area contributed by atoms with Crippen molar-refractivity contribution in [1.29, 1.82) is 0 Å². The summed E-state index contributed by atoms with van der Waals surface area (Å²) in [6.07, 6.45) is 0.287. The molecule has 3 aromatic heterocycles. The second kappa shape index (κ2) is 7.58. The molecule has 0 amide bonds. The molecule has 7 nitrogen and oxygen atoms in total. The Morgan fingerprint density at radius 1 is 1.10 bits per heavy atom. The summed E-state index contributed by atoms with van der Waals surface area (Å²) in [5, 5.41) is 2.87. The van der Waals surface area contributed by atoms with Crippen molar-refractivity contribution in [1.82, 2.24) is 24.5 Å². The van der Waals surface area contributed by atoms with E-state index in [0.717, 1.165) is 10.8 Å². The van der Waals surface area contributed by atoms with E-state index in [1.807, 2.05) is 0 Å². The number of ether oxygens (including phenoxy) is 1. The van der Waals surface area contributed by atoms with Gasteiger partial charge in [0.1, 0.15) is 17.4 Å². The molecule has 0 saturated heterocycles. The number of halogens is 4. The highest BCUT2D eigenvalue weighted by Crippen LogP contribution is 2.34. The van der Waals surface area contributed by atoms with E-state index >= 15 is 0 Å². The van der Waals surface area contributed by atoms with Crippen molar-refractivity contribution in [3.63, 3.8) is 0 Å². The van der Waals surface area contributed by atoms with Crippen LogP contribution >= 0.6 is 0 Å². The van der Waals surface area contributed by atoms with E-state index in [-0.39, 0.29) is 29.2 Å². The van der Waals surface area contributed by atoms with Gasteiger partial charge in [-0.3, -0.25) is 9.55 Å². The number of imidazole rings is 1. The molecular formula is C19H14F4N6O. The van der Waals surface area contributed by atoms with Gasteiger partial charge in [0.2, 0.25) is 5.82 Å². The third-order valence-electron chi connectivity index (χ3n) is 4.30. The molecule has 11 heteroatoms. The molecule has 4 aromatic rings. The fourth-order valence-corrected chi connectivity index (χ4v) is 2.87. The molecule has 30 heavy (non-hydrogen) atoms. The third-order valence-corrected chi connectivity index (χ3v) is 4.30. The molecule has 0 fully saturated rings. The van der Waals surface area contributed by atoms with E-state index < -0.39 is 17.8 Å². The minimum Gasteiger partial charge on any atom is -0.497 e. The van der Waals surface area contributed by atoms with Gasteiger partial charge in [-0.25, -0.2) is 19.3 Å². The van der Waals surface area contributed by atoms with Gasteiger partial charge in [-0.1, -0.05) is 0 Å². The van der Waals surface area contributed by atoms with E-state index in [9.17, 15) is 17.6 Å². The van der Waals surface area contributed by atoms with Crippen LogP contribution in [0.4, 0.5) is 23.4 Å². The molecule has 0 aliphatic carbocycles. The number of rotatable bonds is 5. The molecule has 0 unspecified atom stereocenters. The highest BCUT2D eigenvalue weighted by molar-refractivity contribution is 5.79. The highest BCUT2D eigenvalue weighted by Gasteiger charge is 2.38. The molecule has 154 valence electrons. The van der Waals surface area contributed by atoms with E-state index in [2.05, 4.69) is 25.3 Å². The molecule has 0 saturated carbocycles. The largest absolute Gasteiger partial charge is 0.497 e. The molecule has 0 aliphatic rings. The van der Waals surface area contributed by atoms with Crippen LogP contribution in [-0.4, -0.2) is 31.6 Å². The number of aromatic nitrogens is 5. The maximum absolute atomic E-state index is 13.6. The Morgan fingerprint density at radius 3 is 2.60 bits per heavy atom. The van der Waals surface area contributed by atoms with Crippen LogP contribution in [0, 0.1) is 5.82 Å². The molecule has 0 atom stereocenters. The molecule has 0 radical (unpaired) electrons. The summed E-state index contributed by atoms with van der Waals surface area (Å²) in [5.41, 5.74) is 0.681. The SMILES string of the molecule is COc1ccc2c(c1)nc(C(F)(F)F)n2-c1cnc(NCc2ccncc2F)cn1. The van der Waals surface area contributed by atoms with E-state index in [4.69, 9.17) is 4.74 Å². The first-order valence-electron chi connectivity index (χ1n) is 8.65. The molecular weight excluding hydrogens is 404 g/mol. The number of nitrogens with one attached hydrogen (secondary N) is 1. The summed E-state index contributed by atoms with van der Waals surface area (Å²) in [6.45, 7) is 0.115. The van der Waals surface area contributed by atoms with Crippen LogP contribution in [0.15, 0.2) is 49.1 Å². The van der Waals surface area contributed by atoms with Crippen molar-refractivity contribution in [3.05, 3.63) is 66.3 Å². The van der Waals surface area contributed by atoms with Gasteiger partial charge in [-0.15, -0.1) is 0 Å². The fraction of sp³-hybridized carbons (Fsp3) is 0.158. The van der Waals surface area contributed by atoms with Crippen LogP contribution in [0.1, 0.15) is 11.4 Å². The van der Waals surface area contributed by atoms with Crippen molar-refractivity contribution in [2.24, 2.45) is 0 Å². The zero-order chi connectivity index (χ0) is 21.3. The van der Waals surface area contributed by atoms with E-state index in [1.165, 1.54) is 50.0 Å². The first-order valence-corrected chi connectivity index (χ1v) is 8.65. The predicted octanol–water partition coefficient (Wildman–Crippen LogP) is 3.99. The van der Waals surface area contributed by atoms with Crippen molar-refractivity contribution < 1.29 is 22.3 Å². The Morgan fingerprint density at radius 2 is 1.93 bits per heavy atom. The molecule has 4 rings (SSSR count). The van der Waals surface area contributed by atoms with Gasteiger partial charge in [0.05, 0.1) is 36.7 Å². The van der Waals surface area contributed by atoms with Gasteiger partial charge in [-0.2, -0.15) is 13.2 Å². The summed E-state index contributed by atoms with van der Waals surface area (Å²) in [4.78, 5) is 15.5. The molecule has 0 aliphatic heterocycles. The summed E-state index contributed by atoms with van der Waals surface area (Å²) < 4.78 is 60.3. The van der Waals surface area contributed by atoms with Crippen LogP contribution in [0.2, 0.25) is 0 Å². The number of anilines is 1. The quantitative estimate of drug-likeness (QED) is 0.494. The Bertz CT molecular complexity index is 1190. The first kappa shape index (κ1) is 19.6. The lowest BCUT2D eigenvalue weighted by atomic mass is 10.2. The van der Waals surface area contributed by atoms with Crippen LogP contribution in [0.3, 0.4) is 0 Å². The molecule has 1 N–H and O–H groups in total. The van der Waals surface area contributed by atoms with E-state index in [0.29, 0.717) is 11.3 Å². The second-order valence-corrected chi connectivity index (χ2v) is 6.20. The maximum atomic E-state index is 13.6. The van der Waals surface area contributed by atoms with Gasteiger partial charge in [0.15, 0.2) is 5.82 Å². The molecule has 0 spiro atoms. The van der Waals surface area contributed by atoms with Crippen LogP contribution in [0.25, 0.3) is 16.9 Å². The zero-order valence-corrected chi connectivity index (χ0v) is 15.5. The average Bonchev–Trinajstić information content (AvgIpc) is 3.13. The number of hydrogen-bond acceptors (Lipinski definition) is 6. The number of methoxy groups -OCH3 is 1. The summed E-state index contributed by atoms with van der Waals surface area (Å²) >= 11 is 0. The lowest BCUT2D eigenvalue weighted by molar-refractivity contribution is -0.145. The van der Waals surface area contributed by atoms with Gasteiger partial charge < -0.3 is 10.1 Å². The first-order chi connectivity index (χ1) is 14.4. The zero-order valence-electron chi connectivity index (χ0n) is 15.5.